The van der Waals surface area contributed by atoms with E-state index in [1.807, 2.05) is 0 Å². The van der Waals surface area contributed by atoms with Gasteiger partial charge in [-0.1, -0.05) is 17.7 Å². The van der Waals surface area contributed by atoms with Gasteiger partial charge in [0.05, 0.1) is 12.6 Å². The van der Waals surface area contributed by atoms with E-state index in [0.29, 0.717) is 5.15 Å². The molecular formula is C7H10Cl2N2O. The number of aliphatic hydroxyl groups excluding tert-OH is 1. The molecule has 68 valence electrons. The molecule has 0 saturated carbocycles. The summed E-state index contributed by atoms with van der Waals surface area (Å²) < 4.78 is 0. The van der Waals surface area contributed by atoms with E-state index in [-0.39, 0.29) is 25.1 Å². The molecule has 0 saturated heterocycles. The molecular weight excluding hydrogens is 199 g/mol. The van der Waals surface area contributed by atoms with Crippen molar-refractivity contribution in [3.63, 3.8) is 0 Å². The van der Waals surface area contributed by atoms with Crippen molar-refractivity contribution in [3.05, 3.63) is 29.0 Å². The molecule has 3 nitrogen and oxygen atoms in total. The first kappa shape index (κ1) is 11.6. The molecule has 0 aliphatic rings. The Morgan fingerprint density at radius 1 is 1.58 bits per heavy atom. The third-order valence-corrected chi connectivity index (χ3v) is 1.60. The predicted molar refractivity (Wildman–Crippen MR) is 50.5 cm³/mol. The first-order valence-electron chi connectivity index (χ1n) is 3.22. The maximum absolute atomic E-state index is 8.67. The van der Waals surface area contributed by atoms with Gasteiger partial charge < -0.3 is 10.8 Å². The lowest BCUT2D eigenvalue weighted by Gasteiger charge is -2.06. The van der Waals surface area contributed by atoms with Gasteiger partial charge in [-0.25, -0.2) is 4.98 Å². The third kappa shape index (κ3) is 2.95. The van der Waals surface area contributed by atoms with Gasteiger partial charge >= 0.3 is 0 Å². The molecule has 12 heavy (non-hydrogen) atoms. The van der Waals surface area contributed by atoms with Crippen LogP contribution in [0.5, 0.6) is 0 Å². The monoisotopic (exact) mass is 208 g/mol. The van der Waals surface area contributed by atoms with Crippen LogP contribution in [-0.2, 0) is 0 Å². The van der Waals surface area contributed by atoms with Gasteiger partial charge in [-0.05, 0) is 11.6 Å². The molecule has 0 aliphatic heterocycles. The number of hydrogen-bond donors (Lipinski definition) is 2. The van der Waals surface area contributed by atoms with Gasteiger partial charge in [0.1, 0.15) is 5.15 Å². The van der Waals surface area contributed by atoms with Crippen molar-refractivity contribution < 1.29 is 5.11 Å². The molecule has 0 amide bonds. The summed E-state index contributed by atoms with van der Waals surface area (Å²) in [5.74, 6) is 0. The number of halogens is 2. The quantitative estimate of drug-likeness (QED) is 0.718. The molecule has 0 aromatic carbocycles. The number of aliphatic hydroxyl groups is 1. The molecule has 0 unspecified atom stereocenters. The van der Waals surface area contributed by atoms with E-state index in [9.17, 15) is 0 Å². The number of rotatable bonds is 2. The van der Waals surface area contributed by atoms with E-state index in [1.165, 1.54) is 0 Å². The Balaban J connectivity index is 0.00000121. The number of nitrogens with two attached hydrogens (primary N) is 1. The minimum absolute atomic E-state index is 0. The van der Waals surface area contributed by atoms with Gasteiger partial charge in [0, 0.05) is 6.20 Å². The Morgan fingerprint density at radius 2 is 2.25 bits per heavy atom. The number of nitrogens with zero attached hydrogens (tertiary/aromatic N) is 1. The zero-order valence-electron chi connectivity index (χ0n) is 6.27. The molecule has 1 atom stereocenters. The summed E-state index contributed by atoms with van der Waals surface area (Å²) >= 11 is 5.55. The average Bonchev–Trinajstić information content (AvgIpc) is 2.05. The fourth-order valence-electron chi connectivity index (χ4n) is 0.712. The average molecular weight is 209 g/mol. The van der Waals surface area contributed by atoms with E-state index in [1.54, 1.807) is 18.3 Å². The van der Waals surface area contributed by atoms with E-state index in [2.05, 4.69) is 4.98 Å². The normalized spacial score (nSPS) is 11.9. The zero-order valence-corrected chi connectivity index (χ0v) is 7.85. The van der Waals surface area contributed by atoms with E-state index >= 15 is 0 Å². The Kier molecular flexibility index (Phi) is 5.17. The van der Waals surface area contributed by atoms with Crippen LogP contribution >= 0.6 is 24.0 Å². The van der Waals surface area contributed by atoms with Gasteiger partial charge in [0.25, 0.3) is 0 Å². The number of aromatic nitrogens is 1. The van der Waals surface area contributed by atoms with E-state index in [4.69, 9.17) is 22.4 Å². The smallest absolute Gasteiger partial charge is 0.129 e. The molecule has 0 spiro atoms. The minimum atomic E-state index is -0.361. The van der Waals surface area contributed by atoms with Gasteiger partial charge in [-0.2, -0.15) is 0 Å². The van der Waals surface area contributed by atoms with Crippen LogP contribution in [0.3, 0.4) is 0 Å². The Morgan fingerprint density at radius 3 is 2.67 bits per heavy atom. The summed E-state index contributed by atoms with van der Waals surface area (Å²) in [5.41, 5.74) is 6.30. The van der Waals surface area contributed by atoms with Crippen molar-refractivity contribution >= 4 is 24.0 Å². The summed E-state index contributed by atoms with van der Waals surface area (Å²) in [5, 5.41) is 9.10. The fourth-order valence-corrected chi connectivity index (χ4v) is 0.824. The van der Waals surface area contributed by atoms with Crippen LogP contribution in [0, 0.1) is 0 Å². The highest BCUT2D eigenvalue weighted by molar-refractivity contribution is 6.29. The van der Waals surface area contributed by atoms with Crippen LogP contribution in [-0.4, -0.2) is 16.7 Å². The lowest BCUT2D eigenvalue weighted by Crippen LogP contribution is -2.14. The van der Waals surface area contributed by atoms with Crippen molar-refractivity contribution in [2.45, 2.75) is 6.04 Å². The molecule has 0 fully saturated rings. The standard InChI is InChI=1S/C7H9ClN2O.ClH/c8-7-2-1-5(3-10-7)6(9)4-11;/h1-3,6,11H,4,9H2;1H/t6-;/m0./s1. The highest BCUT2D eigenvalue weighted by Gasteiger charge is 2.02. The fraction of sp³-hybridized carbons (Fsp3) is 0.286. The Labute approximate surface area is 82.0 Å². The van der Waals surface area contributed by atoms with E-state index in [0.717, 1.165) is 5.56 Å². The van der Waals surface area contributed by atoms with Crippen LogP contribution in [0.25, 0.3) is 0 Å². The van der Waals surface area contributed by atoms with E-state index < -0.39 is 0 Å². The van der Waals surface area contributed by atoms with Crippen molar-refractivity contribution in [1.82, 2.24) is 4.98 Å². The van der Waals surface area contributed by atoms with Crippen molar-refractivity contribution in [3.8, 4) is 0 Å². The van der Waals surface area contributed by atoms with Crippen LogP contribution in [0.1, 0.15) is 11.6 Å². The van der Waals surface area contributed by atoms with Crippen molar-refractivity contribution in [1.29, 1.82) is 0 Å². The number of pyridine rings is 1. The second-order valence-corrected chi connectivity index (χ2v) is 2.59. The molecule has 0 bridgehead atoms. The van der Waals surface area contributed by atoms with Gasteiger partial charge in [-0.3, -0.25) is 0 Å². The van der Waals surface area contributed by atoms with Crippen molar-refractivity contribution in [2.24, 2.45) is 5.73 Å². The highest BCUT2D eigenvalue weighted by Crippen LogP contribution is 2.10. The second kappa shape index (κ2) is 5.32. The SMILES string of the molecule is Cl.N[C@@H](CO)c1ccc(Cl)nc1. The van der Waals surface area contributed by atoms with Gasteiger partial charge in [-0.15, -0.1) is 12.4 Å². The lowest BCUT2D eigenvalue weighted by molar-refractivity contribution is 0.268. The molecule has 0 aliphatic carbocycles. The Hall–Kier alpha value is -0.350. The van der Waals surface area contributed by atoms with Crippen molar-refractivity contribution in [2.75, 3.05) is 6.61 Å². The highest BCUT2D eigenvalue weighted by atomic mass is 35.5. The van der Waals surface area contributed by atoms with Crippen LogP contribution in [0.15, 0.2) is 18.3 Å². The van der Waals surface area contributed by atoms with Gasteiger partial charge in [0.15, 0.2) is 0 Å². The van der Waals surface area contributed by atoms with Gasteiger partial charge in [0.2, 0.25) is 0 Å². The summed E-state index contributed by atoms with van der Waals surface area (Å²) in [4.78, 5) is 3.82. The zero-order chi connectivity index (χ0) is 8.27. The molecule has 1 rings (SSSR count). The largest absolute Gasteiger partial charge is 0.394 e. The van der Waals surface area contributed by atoms with Crippen LogP contribution in [0.4, 0.5) is 0 Å². The number of hydrogen-bond acceptors (Lipinski definition) is 3. The first-order chi connectivity index (χ1) is 5.24. The maximum Gasteiger partial charge on any atom is 0.129 e. The molecule has 1 aromatic heterocycles. The molecule has 1 heterocycles. The lowest BCUT2D eigenvalue weighted by atomic mass is 10.1. The Bertz CT molecular complexity index is 227. The van der Waals surface area contributed by atoms with Crippen LogP contribution in [0.2, 0.25) is 5.15 Å². The minimum Gasteiger partial charge on any atom is -0.394 e. The summed E-state index contributed by atoms with van der Waals surface area (Å²) in [6.07, 6.45) is 1.56. The summed E-state index contributed by atoms with van der Waals surface area (Å²) in [6, 6.07) is 3.03. The summed E-state index contributed by atoms with van der Waals surface area (Å²) in [6.45, 7) is -0.0800. The summed E-state index contributed by atoms with van der Waals surface area (Å²) in [7, 11) is 0. The maximum atomic E-state index is 8.67. The molecule has 3 N–H and O–H groups in total. The van der Waals surface area contributed by atoms with Crippen LogP contribution < -0.4 is 5.73 Å². The first-order valence-corrected chi connectivity index (χ1v) is 3.59. The third-order valence-electron chi connectivity index (χ3n) is 1.38. The molecule has 0 radical (unpaired) electrons. The predicted octanol–water partition coefficient (Wildman–Crippen LogP) is 1.15. The second-order valence-electron chi connectivity index (χ2n) is 2.20. The topological polar surface area (TPSA) is 59.1 Å². The molecule has 1 aromatic rings. The molecule has 5 heteroatoms.